The molecule has 0 amide bonds. The van der Waals surface area contributed by atoms with Gasteiger partial charge >= 0.3 is 0 Å². The van der Waals surface area contributed by atoms with E-state index in [2.05, 4.69) is 10.2 Å². The van der Waals surface area contributed by atoms with Gasteiger partial charge in [-0.05, 0) is 6.07 Å². The Morgan fingerprint density at radius 3 is 2.64 bits per heavy atom. The first kappa shape index (κ1) is 10.2. The molecule has 14 heavy (non-hydrogen) atoms. The van der Waals surface area contributed by atoms with Crippen LogP contribution in [0.1, 0.15) is 5.89 Å². The Balaban J connectivity index is 2.43. The molecule has 0 saturated heterocycles. The lowest BCUT2D eigenvalue weighted by Crippen LogP contribution is -1.74. The number of hydrogen-bond donors (Lipinski definition) is 0. The molecule has 7 heteroatoms. The molecule has 0 fully saturated rings. The highest BCUT2D eigenvalue weighted by Crippen LogP contribution is 2.37. The van der Waals surface area contributed by atoms with E-state index in [0.717, 1.165) is 0 Å². The maximum atomic E-state index is 5.91. The zero-order chi connectivity index (χ0) is 10.1. The van der Waals surface area contributed by atoms with Crippen LogP contribution in [0.5, 0.6) is 0 Å². The molecule has 0 aliphatic heterocycles. The number of hydrogen-bond acceptors (Lipinski definition) is 4. The van der Waals surface area contributed by atoms with Gasteiger partial charge in [0.2, 0.25) is 11.8 Å². The van der Waals surface area contributed by atoms with Crippen LogP contribution < -0.4 is 0 Å². The summed E-state index contributed by atoms with van der Waals surface area (Å²) < 4.78 is 6.33. The van der Waals surface area contributed by atoms with Crippen LogP contribution in [0.25, 0.3) is 11.5 Å². The predicted octanol–water partition coefficient (Wildman–Crippen LogP) is 3.84. The fourth-order valence-electron chi connectivity index (χ4n) is 0.903. The zero-order valence-electron chi connectivity index (χ0n) is 6.63. The normalized spacial score (nSPS) is 10.8. The van der Waals surface area contributed by atoms with Crippen molar-refractivity contribution in [2.45, 2.75) is 5.88 Å². The van der Waals surface area contributed by atoms with Crippen LogP contribution in [-0.2, 0) is 5.88 Å². The Hall–Kier alpha value is -0.290. The van der Waals surface area contributed by atoms with Crippen LogP contribution in [0, 0.1) is 0 Å². The maximum absolute atomic E-state index is 5.91. The molecule has 2 heterocycles. The molecule has 0 N–H and O–H groups in total. The van der Waals surface area contributed by atoms with Gasteiger partial charge in [-0.15, -0.1) is 33.1 Å². The zero-order valence-corrected chi connectivity index (χ0v) is 9.71. The van der Waals surface area contributed by atoms with Gasteiger partial charge in [0.05, 0.1) is 9.90 Å². The number of alkyl halides is 1. The molecule has 0 atom stereocenters. The highest BCUT2D eigenvalue weighted by molar-refractivity contribution is 7.20. The van der Waals surface area contributed by atoms with E-state index in [9.17, 15) is 0 Å². The number of thiophene rings is 1. The lowest BCUT2D eigenvalue weighted by molar-refractivity contribution is 0.527. The third kappa shape index (κ3) is 1.88. The van der Waals surface area contributed by atoms with Gasteiger partial charge in [0.15, 0.2) is 0 Å². The lowest BCUT2D eigenvalue weighted by atomic mass is 10.3. The van der Waals surface area contributed by atoms with E-state index in [4.69, 9.17) is 39.2 Å². The molecule has 0 spiro atoms. The quantitative estimate of drug-likeness (QED) is 0.778. The van der Waals surface area contributed by atoms with Gasteiger partial charge in [0.1, 0.15) is 10.2 Å². The second kappa shape index (κ2) is 4.06. The van der Waals surface area contributed by atoms with E-state index >= 15 is 0 Å². The van der Waals surface area contributed by atoms with Gasteiger partial charge < -0.3 is 4.42 Å². The molecular formula is C7H3Cl3N2OS. The van der Waals surface area contributed by atoms with Crippen molar-refractivity contribution in [1.82, 2.24) is 10.2 Å². The average Bonchev–Trinajstić information content (AvgIpc) is 2.71. The summed E-state index contributed by atoms with van der Waals surface area (Å²) in [4.78, 5) is 0. The average molecular weight is 270 g/mol. The number of halogens is 3. The molecule has 0 aliphatic rings. The van der Waals surface area contributed by atoms with Crippen molar-refractivity contribution < 1.29 is 4.42 Å². The summed E-state index contributed by atoms with van der Waals surface area (Å²) in [5.41, 5.74) is 0.644. The van der Waals surface area contributed by atoms with Crippen LogP contribution in [0.3, 0.4) is 0 Å². The van der Waals surface area contributed by atoms with E-state index in [1.807, 2.05) is 0 Å². The second-order valence-electron chi connectivity index (χ2n) is 2.37. The fourth-order valence-corrected chi connectivity index (χ4v) is 2.46. The smallest absolute Gasteiger partial charge is 0.250 e. The third-order valence-electron chi connectivity index (χ3n) is 1.47. The summed E-state index contributed by atoms with van der Waals surface area (Å²) in [5, 5.41) is 7.51. The maximum Gasteiger partial charge on any atom is 0.250 e. The summed E-state index contributed by atoms with van der Waals surface area (Å²) >= 11 is 18.5. The van der Waals surface area contributed by atoms with E-state index in [-0.39, 0.29) is 5.88 Å². The molecule has 0 saturated carbocycles. The molecule has 2 rings (SSSR count). The van der Waals surface area contributed by atoms with Gasteiger partial charge in [0, 0.05) is 0 Å². The van der Waals surface area contributed by atoms with E-state index < -0.39 is 0 Å². The van der Waals surface area contributed by atoms with Gasteiger partial charge in [-0.25, -0.2) is 0 Å². The van der Waals surface area contributed by atoms with E-state index in [1.165, 1.54) is 11.3 Å². The van der Waals surface area contributed by atoms with Gasteiger partial charge in [-0.1, -0.05) is 23.2 Å². The number of nitrogens with zero attached hydrogens (tertiary/aromatic N) is 2. The van der Waals surface area contributed by atoms with Crippen LogP contribution in [-0.4, -0.2) is 10.2 Å². The largest absolute Gasteiger partial charge is 0.419 e. The first-order valence-electron chi connectivity index (χ1n) is 3.54. The van der Waals surface area contributed by atoms with E-state index in [1.54, 1.807) is 6.07 Å². The molecule has 0 aromatic carbocycles. The van der Waals surface area contributed by atoms with Crippen LogP contribution in [0.4, 0.5) is 0 Å². The van der Waals surface area contributed by atoms with Gasteiger partial charge in [0.25, 0.3) is 0 Å². The minimum atomic E-state index is 0.183. The summed E-state index contributed by atoms with van der Waals surface area (Å²) in [7, 11) is 0. The molecule has 2 aromatic rings. The molecule has 0 bridgehead atoms. The third-order valence-corrected chi connectivity index (χ3v) is 3.18. The monoisotopic (exact) mass is 268 g/mol. The molecule has 2 aromatic heterocycles. The van der Waals surface area contributed by atoms with Gasteiger partial charge in [-0.2, -0.15) is 0 Å². The Morgan fingerprint density at radius 2 is 2.14 bits per heavy atom. The van der Waals surface area contributed by atoms with Crippen molar-refractivity contribution in [3.63, 3.8) is 0 Å². The topological polar surface area (TPSA) is 38.9 Å². The lowest BCUT2D eigenvalue weighted by Gasteiger charge is -1.87. The highest BCUT2D eigenvalue weighted by atomic mass is 35.5. The van der Waals surface area contributed by atoms with Crippen molar-refractivity contribution in [2.75, 3.05) is 0 Å². The van der Waals surface area contributed by atoms with Crippen LogP contribution in [0.15, 0.2) is 10.5 Å². The molecule has 3 nitrogen and oxygen atoms in total. The number of aromatic nitrogens is 2. The Labute approximate surface area is 98.6 Å². The van der Waals surface area contributed by atoms with Crippen molar-refractivity contribution >= 4 is 46.1 Å². The van der Waals surface area contributed by atoms with E-state index in [0.29, 0.717) is 26.0 Å². The summed E-state index contributed by atoms with van der Waals surface area (Å²) in [5.74, 6) is 0.886. The Kier molecular flexibility index (Phi) is 2.97. The fraction of sp³-hybridized carbons (Fsp3) is 0.143. The van der Waals surface area contributed by atoms with Crippen LogP contribution >= 0.6 is 46.1 Å². The SMILES string of the molecule is ClCc1nnc(-c2cc(Cl)sc2Cl)o1. The molecule has 0 unspecified atom stereocenters. The molecule has 74 valence electrons. The Morgan fingerprint density at radius 1 is 1.36 bits per heavy atom. The second-order valence-corrected chi connectivity index (χ2v) is 4.93. The van der Waals surface area contributed by atoms with Crippen LogP contribution in [0.2, 0.25) is 8.67 Å². The van der Waals surface area contributed by atoms with Crippen molar-refractivity contribution in [2.24, 2.45) is 0 Å². The first-order valence-corrected chi connectivity index (χ1v) is 5.65. The van der Waals surface area contributed by atoms with Crippen molar-refractivity contribution in [3.8, 4) is 11.5 Å². The van der Waals surface area contributed by atoms with Crippen molar-refractivity contribution in [3.05, 3.63) is 20.6 Å². The summed E-state index contributed by atoms with van der Waals surface area (Å²) in [6, 6.07) is 1.68. The van der Waals surface area contributed by atoms with Gasteiger partial charge in [-0.3, -0.25) is 0 Å². The summed E-state index contributed by atoms with van der Waals surface area (Å²) in [6.07, 6.45) is 0. The molecular weight excluding hydrogens is 267 g/mol. The summed E-state index contributed by atoms with van der Waals surface area (Å²) in [6.45, 7) is 0. The van der Waals surface area contributed by atoms with Crippen molar-refractivity contribution in [1.29, 1.82) is 0 Å². The standard InChI is InChI=1S/C7H3Cl3N2OS/c8-2-5-11-12-7(13-5)3-1-4(9)14-6(3)10/h1H,2H2. The first-order chi connectivity index (χ1) is 6.70. The molecule has 0 aliphatic carbocycles. The number of rotatable bonds is 2. The Bertz CT molecular complexity index is 453. The molecule has 0 radical (unpaired) electrons. The minimum Gasteiger partial charge on any atom is -0.419 e. The highest BCUT2D eigenvalue weighted by Gasteiger charge is 2.14. The minimum absolute atomic E-state index is 0.183. The predicted molar refractivity (Wildman–Crippen MR) is 57.2 cm³/mol.